The molecule has 0 atom stereocenters. The third-order valence-electron chi connectivity index (χ3n) is 3.39. The molecule has 0 aliphatic rings. The quantitative estimate of drug-likeness (QED) is 0.637. The normalized spacial score (nSPS) is 11.0. The van der Waals surface area contributed by atoms with Crippen molar-refractivity contribution in [3.63, 3.8) is 0 Å². The molecule has 106 valence electrons. The van der Waals surface area contributed by atoms with Crippen LogP contribution in [0.4, 0.5) is 4.39 Å². The molecule has 3 aromatic rings. The van der Waals surface area contributed by atoms with Crippen LogP contribution in [0.5, 0.6) is 5.75 Å². The first-order valence-electron chi connectivity index (χ1n) is 6.36. The molecule has 3 rings (SSSR count). The molecule has 0 aliphatic carbocycles. The lowest BCUT2D eigenvalue weighted by molar-refractivity contribution is 0.423. The van der Waals surface area contributed by atoms with Crippen molar-refractivity contribution in [1.29, 1.82) is 0 Å². The highest BCUT2D eigenvalue weighted by Crippen LogP contribution is 2.39. The summed E-state index contributed by atoms with van der Waals surface area (Å²) in [7, 11) is -1.89. The van der Waals surface area contributed by atoms with Gasteiger partial charge in [-0.25, -0.2) is 4.39 Å². The van der Waals surface area contributed by atoms with E-state index in [9.17, 15) is 19.5 Å². The predicted octanol–water partition coefficient (Wildman–Crippen LogP) is 2.40. The van der Waals surface area contributed by atoms with Crippen molar-refractivity contribution in [2.75, 3.05) is 0 Å². The third kappa shape index (κ3) is 2.31. The van der Waals surface area contributed by atoms with Crippen LogP contribution in [0.2, 0.25) is 0 Å². The van der Waals surface area contributed by atoms with Crippen molar-refractivity contribution in [3.8, 4) is 16.9 Å². The number of thiophene rings is 1. The van der Waals surface area contributed by atoms with E-state index < -0.39 is 12.9 Å². The molecule has 0 bridgehead atoms. The van der Waals surface area contributed by atoms with Crippen LogP contribution in [-0.4, -0.2) is 22.3 Å². The van der Waals surface area contributed by atoms with Crippen molar-refractivity contribution < 1.29 is 19.5 Å². The number of hydrogen-bond acceptors (Lipinski definition) is 4. The van der Waals surface area contributed by atoms with Crippen LogP contribution in [-0.2, 0) is 0 Å². The summed E-state index contributed by atoms with van der Waals surface area (Å²) in [5.41, 5.74) is 0.262. The zero-order valence-electron chi connectivity index (χ0n) is 11.2. The Morgan fingerprint density at radius 3 is 2.57 bits per heavy atom. The molecule has 3 nitrogen and oxygen atoms in total. The van der Waals surface area contributed by atoms with Crippen molar-refractivity contribution >= 4 is 34.0 Å². The van der Waals surface area contributed by atoms with Gasteiger partial charge in [0.2, 0.25) is 0 Å². The van der Waals surface area contributed by atoms with Gasteiger partial charge >= 0.3 is 7.12 Å². The maximum absolute atomic E-state index is 14.4. The Morgan fingerprint density at radius 2 is 1.86 bits per heavy atom. The second-order valence-corrected chi connectivity index (χ2v) is 6.10. The van der Waals surface area contributed by atoms with E-state index in [1.165, 1.54) is 18.2 Å². The van der Waals surface area contributed by atoms with Crippen LogP contribution in [0, 0.1) is 12.7 Å². The Morgan fingerprint density at radius 1 is 1.10 bits per heavy atom. The van der Waals surface area contributed by atoms with E-state index in [2.05, 4.69) is 0 Å². The number of aryl methyl sites for hydroxylation is 1. The number of halogens is 1. The van der Waals surface area contributed by atoms with E-state index in [1.807, 2.05) is 19.1 Å². The summed E-state index contributed by atoms with van der Waals surface area (Å²) in [6.07, 6.45) is 0. The maximum Gasteiger partial charge on any atom is 0.491 e. The molecule has 2 aromatic carbocycles. The second kappa shape index (κ2) is 5.14. The molecule has 0 radical (unpaired) electrons. The molecule has 1 aromatic heterocycles. The van der Waals surface area contributed by atoms with Crippen LogP contribution in [0.15, 0.2) is 36.4 Å². The molecule has 0 unspecified atom stereocenters. The lowest BCUT2D eigenvalue weighted by Gasteiger charge is -2.10. The first-order chi connectivity index (χ1) is 9.99. The van der Waals surface area contributed by atoms with Gasteiger partial charge in [0.25, 0.3) is 0 Å². The van der Waals surface area contributed by atoms with E-state index in [-0.39, 0.29) is 16.8 Å². The average molecular weight is 302 g/mol. The fourth-order valence-electron chi connectivity index (χ4n) is 2.40. The monoisotopic (exact) mass is 302 g/mol. The fraction of sp³-hybridized carbons (Fsp3) is 0.0667. The summed E-state index contributed by atoms with van der Waals surface area (Å²) < 4.78 is 15.3. The van der Waals surface area contributed by atoms with Gasteiger partial charge in [-0.3, -0.25) is 0 Å². The van der Waals surface area contributed by atoms with Gasteiger partial charge in [0, 0.05) is 31.6 Å². The van der Waals surface area contributed by atoms with Crippen molar-refractivity contribution in [1.82, 2.24) is 0 Å². The first-order valence-corrected chi connectivity index (χ1v) is 7.17. The molecule has 0 amide bonds. The van der Waals surface area contributed by atoms with E-state index in [0.717, 1.165) is 9.58 Å². The van der Waals surface area contributed by atoms with E-state index in [0.29, 0.717) is 10.9 Å². The second-order valence-electron chi connectivity index (χ2n) is 4.81. The summed E-state index contributed by atoms with van der Waals surface area (Å²) in [6, 6.07) is 9.63. The molecular weight excluding hydrogens is 290 g/mol. The van der Waals surface area contributed by atoms with Gasteiger partial charge in [0.1, 0.15) is 11.6 Å². The number of aromatic hydroxyl groups is 1. The number of phenolic OH excluding ortho intramolecular Hbond substituents is 1. The predicted molar refractivity (Wildman–Crippen MR) is 83.4 cm³/mol. The Hall–Kier alpha value is -1.89. The lowest BCUT2D eigenvalue weighted by Crippen LogP contribution is -2.32. The molecule has 0 fully saturated rings. The van der Waals surface area contributed by atoms with Gasteiger partial charge in [0.05, 0.1) is 0 Å². The molecule has 3 N–H and O–H groups in total. The molecular formula is C15H12BFO3S. The van der Waals surface area contributed by atoms with Gasteiger partial charge in [-0.1, -0.05) is 18.2 Å². The lowest BCUT2D eigenvalue weighted by atomic mass is 9.78. The minimum atomic E-state index is -1.89. The number of phenols is 1. The van der Waals surface area contributed by atoms with Gasteiger partial charge in [-0.05, 0) is 25.1 Å². The molecule has 1 heterocycles. The van der Waals surface area contributed by atoms with Crippen molar-refractivity contribution in [2.24, 2.45) is 0 Å². The zero-order chi connectivity index (χ0) is 15.1. The molecule has 0 spiro atoms. The van der Waals surface area contributed by atoms with Crippen molar-refractivity contribution in [2.45, 2.75) is 6.92 Å². The highest BCUT2D eigenvalue weighted by molar-refractivity contribution is 7.19. The van der Waals surface area contributed by atoms with E-state index in [4.69, 9.17) is 0 Å². The summed E-state index contributed by atoms with van der Waals surface area (Å²) >= 11 is 1.55. The molecule has 0 saturated heterocycles. The third-order valence-corrected chi connectivity index (χ3v) is 4.41. The van der Waals surface area contributed by atoms with Gasteiger partial charge in [0.15, 0.2) is 0 Å². The zero-order valence-corrected chi connectivity index (χ0v) is 12.0. The van der Waals surface area contributed by atoms with Gasteiger partial charge in [-0.15, -0.1) is 11.3 Å². The summed E-state index contributed by atoms with van der Waals surface area (Å²) in [4.78, 5) is 1.05. The van der Waals surface area contributed by atoms with Crippen LogP contribution in [0.1, 0.15) is 4.88 Å². The minimum absolute atomic E-state index is 0.000305. The van der Waals surface area contributed by atoms with Crippen molar-refractivity contribution in [3.05, 3.63) is 47.1 Å². The highest BCUT2D eigenvalue weighted by atomic mass is 32.1. The molecule has 0 saturated carbocycles. The average Bonchev–Trinajstić information content (AvgIpc) is 2.81. The Bertz CT molecular complexity index is 829. The smallest absolute Gasteiger partial charge is 0.491 e. The fourth-order valence-corrected chi connectivity index (χ4v) is 3.32. The number of benzene rings is 2. The maximum atomic E-state index is 14.4. The van der Waals surface area contributed by atoms with Crippen LogP contribution in [0.3, 0.4) is 0 Å². The largest absolute Gasteiger partial charge is 0.507 e. The summed E-state index contributed by atoms with van der Waals surface area (Å²) in [5.74, 6) is -0.741. The summed E-state index contributed by atoms with van der Waals surface area (Å²) in [5, 5.41) is 29.4. The highest BCUT2D eigenvalue weighted by Gasteiger charge is 2.21. The van der Waals surface area contributed by atoms with E-state index >= 15 is 0 Å². The van der Waals surface area contributed by atoms with Gasteiger partial charge in [-0.2, -0.15) is 0 Å². The van der Waals surface area contributed by atoms with Crippen LogP contribution in [0.25, 0.3) is 21.2 Å². The minimum Gasteiger partial charge on any atom is -0.507 e. The molecule has 0 aliphatic heterocycles. The topological polar surface area (TPSA) is 60.7 Å². The SMILES string of the molecule is Cc1cc2c(O)c(-c3cccc(B(O)O)c3F)ccc2s1. The number of hydrogen-bond donors (Lipinski definition) is 3. The first kappa shape index (κ1) is 14.1. The standard InChI is InChI=1S/C15H12BFO3S/c1-8-7-11-13(21-8)6-5-10(15(11)18)9-3-2-4-12(14(9)17)16(19)20/h2-7,18-20H,1H3. The Balaban J connectivity index is 2.25. The van der Waals surface area contributed by atoms with E-state index in [1.54, 1.807) is 17.4 Å². The Kier molecular flexibility index (Phi) is 3.45. The van der Waals surface area contributed by atoms with Crippen LogP contribution < -0.4 is 5.46 Å². The molecule has 21 heavy (non-hydrogen) atoms. The number of fused-ring (bicyclic) bond motifs is 1. The summed E-state index contributed by atoms with van der Waals surface area (Å²) in [6.45, 7) is 1.94. The Labute approximate surface area is 125 Å². The van der Waals surface area contributed by atoms with Gasteiger partial charge < -0.3 is 15.2 Å². The molecule has 6 heteroatoms. The van der Waals surface area contributed by atoms with Crippen LogP contribution >= 0.6 is 11.3 Å². The number of rotatable bonds is 2.